The molecule has 0 bridgehead atoms. The first kappa shape index (κ1) is 5.15. The zero-order valence-electron chi connectivity index (χ0n) is 4.32. The summed E-state index contributed by atoms with van der Waals surface area (Å²) in [6, 6.07) is 0. The van der Waals surface area contributed by atoms with Crippen molar-refractivity contribution in [3.63, 3.8) is 0 Å². The fourth-order valence-corrected chi connectivity index (χ4v) is 0.498. The fraction of sp³-hybridized carbons (Fsp3) is 0.200. The van der Waals surface area contributed by atoms with E-state index in [2.05, 4.69) is 5.32 Å². The molecule has 2 nitrogen and oxygen atoms in total. The molecule has 0 aromatic rings. The van der Waals surface area contributed by atoms with Gasteiger partial charge in [0.2, 0.25) is 0 Å². The van der Waals surface area contributed by atoms with Crippen molar-refractivity contribution in [1.82, 2.24) is 5.32 Å². The monoisotopic (exact) mass is 114 g/mol. The number of dihydropyridines is 1. The van der Waals surface area contributed by atoms with Gasteiger partial charge in [-0.15, -0.1) is 0 Å². The molecule has 0 unspecified atom stereocenters. The van der Waals surface area contributed by atoms with Crippen LogP contribution in [-0.4, -0.2) is 6.54 Å². The van der Waals surface area contributed by atoms with Crippen molar-refractivity contribution in [1.29, 1.82) is 0 Å². The summed E-state index contributed by atoms with van der Waals surface area (Å²) in [7, 11) is 0. The molecule has 0 aromatic carbocycles. The minimum Gasteiger partial charge on any atom is -0.397 e. The van der Waals surface area contributed by atoms with Crippen LogP contribution >= 0.6 is 0 Å². The van der Waals surface area contributed by atoms with Crippen LogP contribution in [0.5, 0.6) is 0 Å². The Hall–Kier alpha value is -0.990. The fourth-order valence-electron chi connectivity index (χ4n) is 0.498. The van der Waals surface area contributed by atoms with E-state index in [0.29, 0.717) is 6.54 Å². The van der Waals surface area contributed by atoms with Crippen LogP contribution in [0.4, 0.5) is 4.39 Å². The van der Waals surface area contributed by atoms with Gasteiger partial charge in [0, 0.05) is 12.7 Å². The molecule has 0 radical (unpaired) electrons. The maximum absolute atomic E-state index is 12.2. The van der Waals surface area contributed by atoms with Crippen LogP contribution < -0.4 is 11.1 Å². The van der Waals surface area contributed by atoms with Gasteiger partial charge in [0.1, 0.15) is 0 Å². The van der Waals surface area contributed by atoms with Crippen LogP contribution in [0.2, 0.25) is 0 Å². The topological polar surface area (TPSA) is 38.0 Å². The largest absolute Gasteiger partial charge is 0.397 e. The molecule has 0 atom stereocenters. The molecule has 44 valence electrons. The van der Waals surface area contributed by atoms with Crippen molar-refractivity contribution in [3.8, 4) is 0 Å². The smallest absolute Gasteiger partial charge is 0.161 e. The van der Waals surface area contributed by atoms with Crippen molar-refractivity contribution in [3.05, 3.63) is 23.8 Å². The second-order valence-corrected chi connectivity index (χ2v) is 1.56. The molecule has 0 saturated carbocycles. The summed E-state index contributed by atoms with van der Waals surface area (Å²) >= 11 is 0. The molecule has 0 saturated heterocycles. The van der Waals surface area contributed by atoms with Gasteiger partial charge in [-0.1, -0.05) is 0 Å². The van der Waals surface area contributed by atoms with E-state index in [1.54, 1.807) is 6.08 Å². The molecule has 0 aromatic heterocycles. The summed E-state index contributed by atoms with van der Waals surface area (Å²) in [5.74, 6) is -0.378. The third kappa shape index (κ3) is 0.804. The molecule has 0 aliphatic carbocycles. The first-order chi connectivity index (χ1) is 3.80. The van der Waals surface area contributed by atoms with E-state index in [-0.39, 0.29) is 11.5 Å². The lowest BCUT2D eigenvalue weighted by molar-refractivity contribution is 0.627. The summed E-state index contributed by atoms with van der Waals surface area (Å²) in [6.07, 6.45) is 2.85. The number of nitrogens with two attached hydrogens (primary N) is 1. The van der Waals surface area contributed by atoms with Crippen molar-refractivity contribution in [2.45, 2.75) is 0 Å². The van der Waals surface area contributed by atoms with E-state index in [4.69, 9.17) is 5.73 Å². The molecule has 3 heteroatoms. The van der Waals surface area contributed by atoms with Gasteiger partial charge in [-0.05, 0) is 6.08 Å². The summed E-state index contributed by atoms with van der Waals surface area (Å²) in [5.41, 5.74) is 5.38. The minimum absolute atomic E-state index is 0.226. The highest BCUT2D eigenvalue weighted by Crippen LogP contribution is 2.05. The lowest BCUT2D eigenvalue weighted by atomic mass is 10.3. The Morgan fingerprint density at radius 1 is 1.75 bits per heavy atom. The summed E-state index contributed by atoms with van der Waals surface area (Å²) in [6.45, 7) is 0.624. The van der Waals surface area contributed by atoms with Gasteiger partial charge in [-0.25, -0.2) is 4.39 Å². The first-order valence-electron chi connectivity index (χ1n) is 2.36. The average Bonchev–Trinajstić information content (AvgIpc) is 1.77. The SMILES string of the molecule is NC1=CCNC=C1F. The van der Waals surface area contributed by atoms with Gasteiger partial charge in [-0.2, -0.15) is 0 Å². The number of hydrogen-bond donors (Lipinski definition) is 2. The van der Waals surface area contributed by atoms with E-state index in [1.165, 1.54) is 6.20 Å². The lowest BCUT2D eigenvalue weighted by Crippen LogP contribution is -2.14. The zero-order chi connectivity index (χ0) is 5.98. The van der Waals surface area contributed by atoms with Gasteiger partial charge in [0.25, 0.3) is 0 Å². The highest BCUT2D eigenvalue weighted by atomic mass is 19.1. The maximum atomic E-state index is 12.2. The number of rotatable bonds is 0. The Morgan fingerprint density at radius 2 is 2.50 bits per heavy atom. The Balaban J connectivity index is 2.73. The van der Waals surface area contributed by atoms with Crippen LogP contribution in [0.25, 0.3) is 0 Å². The van der Waals surface area contributed by atoms with Crippen LogP contribution in [-0.2, 0) is 0 Å². The first-order valence-corrected chi connectivity index (χ1v) is 2.36. The van der Waals surface area contributed by atoms with Gasteiger partial charge in [0.15, 0.2) is 5.83 Å². The molecule has 0 amide bonds. The summed E-state index contributed by atoms with van der Waals surface area (Å²) in [5, 5.41) is 2.67. The molecule has 8 heavy (non-hydrogen) atoms. The molecule has 1 aliphatic heterocycles. The van der Waals surface area contributed by atoms with Crippen LogP contribution in [0.1, 0.15) is 0 Å². The molecular formula is C5H7FN2. The molecule has 0 fully saturated rings. The number of allylic oxidation sites excluding steroid dienone is 1. The lowest BCUT2D eigenvalue weighted by Gasteiger charge is -2.04. The van der Waals surface area contributed by atoms with Crippen molar-refractivity contribution < 1.29 is 4.39 Å². The molecule has 0 spiro atoms. The van der Waals surface area contributed by atoms with Crippen LogP contribution in [0.3, 0.4) is 0 Å². The second kappa shape index (κ2) is 1.86. The third-order valence-electron chi connectivity index (χ3n) is 0.944. The third-order valence-corrected chi connectivity index (χ3v) is 0.944. The second-order valence-electron chi connectivity index (χ2n) is 1.56. The van der Waals surface area contributed by atoms with E-state index in [9.17, 15) is 4.39 Å². The Morgan fingerprint density at radius 3 is 2.88 bits per heavy atom. The highest BCUT2D eigenvalue weighted by Gasteiger charge is 2.00. The van der Waals surface area contributed by atoms with E-state index < -0.39 is 0 Å². The highest BCUT2D eigenvalue weighted by molar-refractivity contribution is 5.24. The minimum atomic E-state index is -0.378. The Labute approximate surface area is 46.9 Å². The molecule has 1 rings (SSSR count). The van der Waals surface area contributed by atoms with Crippen LogP contribution in [0.15, 0.2) is 23.8 Å². The van der Waals surface area contributed by atoms with Gasteiger partial charge < -0.3 is 11.1 Å². The van der Waals surface area contributed by atoms with Gasteiger partial charge in [0.05, 0.1) is 5.70 Å². The Bertz CT molecular complexity index is 131. The average molecular weight is 114 g/mol. The van der Waals surface area contributed by atoms with E-state index >= 15 is 0 Å². The summed E-state index contributed by atoms with van der Waals surface area (Å²) in [4.78, 5) is 0. The van der Waals surface area contributed by atoms with Crippen molar-refractivity contribution in [2.24, 2.45) is 5.73 Å². The van der Waals surface area contributed by atoms with E-state index in [1.807, 2.05) is 0 Å². The number of halogens is 1. The summed E-state index contributed by atoms with van der Waals surface area (Å²) < 4.78 is 12.2. The standard InChI is InChI=1S/C5H7FN2/c6-4-3-8-2-1-5(4)7/h1,3,8H,2,7H2. The van der Waals surface area contributed by atoms with Crippen LogP contribution in [0, 0.1) is 0 Å². The molecule has 1 heterocycles. The predicted octanol–water partition coefficient (Wildman–Crippen LogP) is 0.243. The van der Waals surface area contributed by atoms with Gasteiger partial charge in [-0.3, -0.25) is 0 Å². The molecular weight excluding hydrogens is 107 g/mol. The van der Waals surface area contributed by atoms with Crippen molar-refractivity contribution in [2.75, 3.05) is 6.54 Å². The normalized spacial score (nSPS) is 18.6. The predicted molar refractivity (Wildman–Crippen MR) is 29.5 cm³/mol. The number of hydrogen-bond acceptors (Lipinski definition) is 2. The zero-order valence-corrected chi connectivity index (χ0v) is 4.32. The van der Waals surface area contributed by atoms with Gasteiger partial charge >= 0.3 is 0 Å². The van der Waals surface area contributed by atoms with E-state index in [0.717, 1.165) is 0 Å². The Kier molecular flexibility index (Phi) is 1.20. The van der Waals surface area contributed by atoms with Crippen molar-refractivity contribution >= 4 is 0 Å². The molecule has 3 N–H and O–H groups in total. The maximum Gasteiger partial charge on any atom is 0.161 e. The number of nitrogens with one attached hydrogen (secondary N) is 1. The quantitative estimate of drug-likeness (QED) is 0.473. The molecule has 1 aliphatic rings.